The van der Waals surface area contributed by atoms with Crippen LogP contribution >= 0.6 is 11.8 Å². The van der Waals surface area contributed by atoms with E-state index in [1.165, 1.54) is 43.1 Å². The zero-order valence-corrected chi connectivity index (χ0v) is 21.3. The molecule has 3 heterocycles. The third kappa shape index (κ3) is 5.71. The number of benzene rings is 1. The summed E-state index contributed by atoms with van der Waals surface area (Å²) in [6.45, 7) is 0.663. The standard InChI is InChI=1S/C25H24N4O9S/c1-12(31)38-10-15-11-39-24-19(23(35)29(24)20(15)25(36)37)28-22(34)18(14-4-2-13(9-30)3-5-14)27-21(33)16-8-26-7-6-17(16)32/h2-8,18-19,24,30H,9-11H2,1H3,(H,26,32)(H,27,33)(H,28,34)(H,36,37)/t18?,19-,24-/m1/s1. The maximum atomic E-state index is 13.4. The molecule has 1 aromatic heterocycles. The van der Waals surface area contributed by atoms with E-state index < -0.39 is 47.1 Å². The summed E-state index contributed by atoms with van der Waals surface area (Å²) < 4.78 is 4.92. The number of carbonyl (C=O) groups is 5. The van der Waals surface area contributed by atoms with Crippen LogP contribution in [-0.2, 0) is 30.5 Å². The summed E-state index contributed by atoms with van der Waals surface area (Å²) in [5.74, 6) is -4.40. The Kier molecular flexibility index (Phi) is 8.16. The number of fused-ring (bicyclic) bond motifs is 1. The van der Waals surface area contributed by atoms with Gasteiger partial charge < -0.3 is 30.7 Å². The molecular weight excluding hydrogens is 532 g/mol. The molecule has 1 saturated heterocycles. The molecule has 1 unspecified atom stereocenters. The second-order valence-corrected chi connectivity index (χ2v) is 9.74. The lowest BCUT2D eigenvalue weighted by Crippen LogP contribution is -2.71. The highest BCUT2D eigenvalue weighted by atomic mass is 32.2. The number of aromatic nitrogens is 1. The highest BCUT2D eigenvalue weighted by Gasteiger charge is 2.54. The van der Waals surface area contributed by atoms with Crippen molar-refractivity contribution in [2.24, 2.45) is 0 Å². The van der Waals surface area contributed by atoms with E-state index in [1.807, 2.05) is 0 Å². The zero-order valence-electron chi connectivity index (χ0n) is 20.5. The van der Waals surface area contributed by atoms with Crippen molar-refractivity contribution >= 4 is 41.4 Å². The number of carbonyl (C=O) groups excluding carboxylic acids is 4. The Bertz CT molecular complexity index is 1360. The average Bonchev–Trinajstić information content (AvgIpc) is 2.92. The molecule has 2 aliphatic rings. The Morgan fingerprint density at radius 3 is 2.54 bits per heavy atom. The van der Waals surface area contributed by atoms with Gasteiger partial charge in [0.15, 0.2) is 0 Å². The Hall–Kier alpha value is -4.43. The quantitative estimate of drug-likeness (QED) is 0.207. The minimum Gasteiger partial charge on any atom is -0.507 e. The molecule has 0 spiro atoms. The fourth-order valence-corrected chi connectivity index (χ4v) is 5.43. The first-order valence-corrected chi connectivity index (χ1v) is 12.6. The maximum Gasteiger partial charge on any atom is 0.352 e. The number of aliphatic hydroxyl groups is 1. The molecule has 0 radical (unpaired) electrons. The largest absolute Gasteiger partial charge is 0.507 e. The predicted octanol–water partition coefficient (Wildman–Crippen LogP) is 0.0523. The summed E-state index contributed by atoms with van der Waals surface area (Å²) in [6.07, 6.45) is 2.42. The Balaban J connectivity index is 1.56. The van der Waals surface area contributed by atoms with Gasteiger partial charge in [0.1, 0.15) is 35.5 Å². The van der Waals surface area contributed by atoms with Gasteiger partial charge in [-0.15, -0.1) is 11.8 Å². The number of pyridine rings is 1. The predicted molar refractivity (Wildman–Crippen MR) is 135 cm³/mol. The molecule has 1 fully saturated rings. The molecule has 39 heavy (non-hydrogen) atoms. The van der Waals surface area contributed by atoms with Crippen LogP contribution in [0, 0.1) is 0 Å². The second-order valence-electron chi connectivity index (χ2n) is 8.63. The van der Waals surface area contributed by atoms with Gasteiger partial charge in [-0.3, -0.25) is 29.1 Å². The van der Waals surface area contributed by atoms with Gasteiger partial charge in [-0.25, -0.2) is 4.79 Å². The molecule has 204 valence electrons. The van der Waals surface area contributed by atoms with Crippen molar-refractivity contribution in [2.45, 2.75) is 31.0 Å². The van der Waals surface area contributed by atoms with Crippen molar-refractivity contribution in [3.8, 4) is 5.75 Å². The number of nitrogens with zero attached hydrogens (tertiary/aromatic N) is 2. The molecule has 0 aliphatic carbocycles. The first-order valence-electron chi connectivity index (χ1n) is 11.6. The number of aliphatic carboxylic acids is 1. The van der Waals surface area contributed by atoms with E-state index in [2.05, 4.69) is 15.6 Å². The minimum atomic E-state index is -1.37. The number of hydrogen-bond acceptors (Lipinski definition) is 10. The number of ether oxygens (including phenoxy) is 1. The van der Waals surface area contributed by atoms with Crippen LogP contribution in [0.4, 0.5) is 0 Å². The van der Waals surface area contributed by atoms with Crippen LogP contribution in [0.3, 0.4) is 0 Å². The summed E-state index contributed by atoms with van der Waals surface area (Å²) in [6, 6.07) is 4.98. The van der Waals surface area contributed by atoms with E-state index in [9.17, 15) is 39.3 Å². The maximum absolute atomic E-state index is 13.4. The lowest BCUT2D eigenvalue weighted by Gasteiger charge is -2.49. The van der Waals surface area contributed by atoms with Gasteiger partial charge in [0.25, 0.3) is 11.8 Å². The number of rotatable bonds is 9. The van der Waals surface area contributed by atoms with Crippen molar-refractivity contribution in [3.63, 3.8) is 0 Å². The molecule has 13 nitrogen and oxygen atoms in total. The van der Waals surface area contributed by atoms with Crippen molar-refractivity contribution in [2.75, 3.05) is 12.4 Å². The summed E-state index contributed by atoms with van der Waals surface area (Å²) in [4.78, 5) is 67.2. The molecule has 2 aliphatic heterocycles. The fraction of sp³-hybridized carbons (Fsp3) is 0.280. The van der Waals surface area contributed by atoms with Crippen LogP contribution in [0.1, 0.15) is 34.5 Å². The van der Waals surface area contributed by atoms with Crippen LogP contribution in [-0.4, -0.2) is 78.6 Å². The van der Waals surface area contributed by atoms with Crippen LogP contribution in [0.2, 0.25) is 0 Å². The number of esters is 1. The van der Waals surface area contributed by atoms with Crippen LogP contribution in [0.25, 0.3) is 0 Å². The number of hydrogen-bond donors (Lipinski definition) is 5. The van der Waals surface area contributed by atoms with E-state index in [0.29, 0.717) is 11.1 Å². The topological polar surface area (TPSA) is 195 Å². The number of carboxylic acid groups (broad SMARTS) is 1. The monoisotopic (exact) mass is 556 g/mol. The fourth-order valence-electron chi connectivity index (χ4n) is 4.11. The number of thioether (sulfide) groups is 1. The molecule has 4 rings (SSSR count). The molecule has 3 atom stereocenters. The molecule has 0 saturated carbocycles. The first-order chi connectivity index (χ1) is 18.6. The summed E-state index contributed by atoms with van der Waals surface area (Å²) in [7, 11) is 0. The van der Waals surface area contributed by atoms with Crippen LogP contribution < -0.4 is 10.6 Å². The van der Waals surface area contributed by atoms with Gasteiger partial charge in [0.2, 0.25) is 5.91 Å². The summed E-state index contributed by atoms with van der Waals surface area (Å²) >= 11 is 1.19. The molecule has 14 heteroatoms. The summed E-state index contributed by atoms with van der Waals surface area (Å²) in [5, 5.41) is 33.5. The molecular formula is C25H24N4O9S. The van der Waals surface area contributed by atoms with E-state index in [0.717, 1.165) is 11.1 Å². The van der Waals surface area contributed by atoms with Crippen LogP contribution in [0.5, 0.6) is 5.75 Å². The lowest BCUT2D eigenvalue weighted by atomic mass is 10.00. The van der Waals surface area contributed by atoms with Crippen molar-refractivity contribution < 1.29 is 44.0 Å². The number of nitrogens with one attached hydrogen (secondary N) is 2. The number of aliphatic hydroxyl groups excluding tert-OH is 1. The minimum absolute atomic E-state index is 0.152. The number of β-lactam (4-membered cyclic amide) rings is 1. The van der Waals surface area contributed by atoms with Crippen molar-refractivity contribution in [3.05, 3.63) is 70.7 Å². The second kappa shape index (κ2) is 11.5. The highest BCUT2D eigenvalue weighted by molar-refractivity contribution is 8.00. The van der Waals surface area contributed by atoms with Crippen LogP contribution in [0.15, 0.2) is 54.0 Å². The third-order valence-electron chi connectivity index (χ3n) is 6.07. The van der Waals surface area contributed by atoms with Crippen molar-refractivity contribution in [1.29, 1.82) is 0 Å². The van der Waals surface area contributed by atoms with E-state index in [-0.39, 0.29) is 41.5 Å². The Morgan fingerprint density at radius 1 is 1.21 bits per heavy atom. The van der Waals surface area contributed by atoms with Gasteiger partial charge in [0.05, 0.1) is 12.2 Å². The summed E-state index contributed by atoms with van der Waals surface area (Å²) in [5.41, 5.74) is 0.674. The molecule has 0 bridgehead atoms. The third-order valence-corrected chi connectivity index (χ3v) is 7.41. The van der Waals surface area contributed by atoms with E-state index >= 15 is 0 Å². The van der Waals surface area contributed by atoms with E-state index in [1.54, 1.807) is 12.1 Å². The lowest BCUT2D eigenvalue weighted by molar-refractivity contribution is -0.151. The van der Waals surface area contributed by atoms with Gasteiger partial charge in [-0.2, -0.15) is 0 Å². The number of carboxylic acids is 1. The molecule has 3 amide bonds. The van der Waals surface area contributed by atoms with Gasteiger partial charge in [-0.05, 0) is 17.2 Å². The number of amides is 3. The highest BCUT2D eigenvalue weighted by Crippen LogP contribution is 2.40. The molecule has 2 aromatic rings. The molecule has 5 N–H and O–H groups in total. The Morgan fingerprint density at radius 2 is 1.92 bits per heavy atom. The van der Waals surface area contributed by atoms with Gasteiger partial charge >= 0.3 is 11.9 Å². The SMILES string of the molecule is CC(=O)OCC1=C(C(=O)O)N2C(=O)[C@@H](NC(=O)C(NC(=O)c3cnccc3O)c3ccc(CO)cc3)[C@H]2SC1. The van der Waals surface area contributed by atoms with Crippen molar-refractivity contribution in [1.82, 2.24) is 20.5 Å². The number of aromatic hydroxyl groups is 1. The molecule has 1 aromatic carbocycles. The Labute approximate surface area is 225 Å². The van der Waals surface area contributed by atoms with Gasteiger partial charge in [-0.1, -0.05) is 24.3 Å². The average molecular weight is 557 g/mol. The normalized spacial score (nSPS) is 18.9. The smallest absolute Gasteiger partial charge is 0.352 e. The zero-order chi connectivity index (χ0) is 28.3. The van der Waals surface area contributed by atoms with Gasteiger partial charge in [0, 0.05) is 30.6 Å². The van der Waals surface area contributed by atoms with E-state index in [4.69, 9.17) is 4.74 Å². The first kappa shape index (κ1) is 27.6.